The van der Waals surface area contributed by atoms with Crippen LogP contribution in [0.1, 0.15) is 24.5 Å². The van der Waals surface area contributed by atoms with Gasteiger partial charge in [-0.25, -0.2) is 8.42 Å². The zero-order chi connectivity index (χ0) is 14.8. The lowest BCUT2D eigenvalue weighted by Crippen LogP contribution is -2.45. The van der Waals surface area contributed by atoms with Crippen LogP contribution in [0.15, 0.2) is 29.7 Å². The standard InChI is InChI=1S/C15H21NO3S/c1-12-3-5-14(6-4-12)8-10-20(18,19)16-9-7-13(2)15(17)11-16/h3-6,8,10,13,15,17H,7,9,11H2,1-2H3/b10-8+. The Labute approximate surface area is 120 Å². The van der Waals surface area contributed by atoms with Crippen LogP contribution in [0.4, 0.5) is 0 Å². The van der Waals surface area contributed by atoms with Gasteiger partial charge in [-0.05, 0) is 30.9 Å². The minimum absolute atomic E-state index is 0.155. The maximum Gasteiger partial charge on any atom is 0.236 e. The summed E-state index contributed by atoms with van der Waals surface area (Å²) in [6.45, 7) is 4.58. The third-order valence-electron chi connectivity index (χ3n) is 3.75. The average molecular weight is 295 g/mol. The fourth-order valence-corrected chi connectivity index (χ4v) is 3.40. The molecule has 0 amide bonds. The molecule has 1 fully saturated rings. The molecular weight excluding hydrogens is 274 g/mol. The fraction of sp³-hybridized carbons (Fsp3) is 0.467. The van der Waals surface area contributed by atoms with Crippen LogP contribution in [0.25, 0.3) is 6.08 Å². The van der Waals surface area contributed by atoms with E-state index in [0.717, 1.165) is 11.1 Å². The van der Waals surface area contributed by atoms with E-state index in [-0.39, 0.29) is 12.5 Å². The van der Waals surface area contributed by atoms with E-state index in [1.165, 1.54) is 9.71 Å². The second-order valence-corrected chi connectivity index (χ2v) is 7.27. The Morgan fingerprint density at radius 3 is 2.55 bits per heavy atom. The molecule has 110 valence electrons. The van der Waals surface area contributed by atoms with Crippen molar-refractivity contribution in [2.24, 2.45) is 5.92 Å². The van der Waals surface area contributed by atoms with Gasteiger partial charge in [0, 0.05) is 18.5 Å². The molecule has 20 heavy (non-hydrogen) atoms. The van der Waals surface area contributed by atoms with E-state index in [2.05, 4.69) is 0 Å². The highest BCUT2D eigenvalue weighted by molar-refractivity contribution is 7.92. The minimum atomic E-state index is -3.46. The molecule has 2 rings (SSSR count). The molecule has 0 bridgehead atoms. The molecule has 5 heteroatoms. The van der Waals surface area contributed by atoms with Crippen LogP contribution in [-0.4, -0.2) is 37.0 Å². The number of rotatable bonds is 3. The van der Waals surface area contributed by atoms with Crippen LogP contribution in [0.2, 0.25) is 0 Å². The van der Waals surface area contributed by atoms with Gasteiger partial charge in [-0.3, -0.25) is 0 Å². The number of aliphatic hydroxyl groups excluding tert-OH is 1. The largest absolute Gasteiger partial charge is 0.391 e. The number of hydrogen-bond acceptors (Lipinski definition) is 3. The van der Waals surface area contributed by atoms with E-state index < -0.39 is 16.1 Å². The summed E-state index contributed by atoms with van der Waals surface area (Å²) in [5.74, 6) is 0.155. The van der Waals surface area contributed by atoms with E-state index >= 15 is 0 Å². The molecule has 1 aliphatic heterocycles. The molecule has 1 saturated heterocycles. The van der Waals surface area contributed by atoms with E-state index in [4.69, 9.17) is 0 Å². The zero-order valence-electron chi connectivity index (χ0n) is 11.9. The van der Waals surface area contributed by atoms with Crippen LogP contribution in [0.5, 0.6) is 0 Å². The zero-order valence-corrected chi connectivity index (χ0v) is 12.7. The van der Waals surface area contributed by atoms with Gasteiger partial charge in [-0.2, -0.15) is 4.31 Å². The van der Waals surface area contributed by atoms with Crippen molar-refractivity contribution in [1.29, 1.82) is 0 Å². The van der Waals surface area contributed by atoms with Gasteiger partial charge in [0.05, 0.1) is 6.10 Å². The lowest BCUT2D eigenvalue weighted by molar-refractivity contribution is 0.0610. The van der Waals surface area contributed by atoms with Crippen LogP contribution in [0, 0.1) is 12.8 Å². The number of piperidine rings is 1. The van der Waals surface area contributed by atoms with Gasteiger partial charge in [0.1, 0.15) is 0 Å². The summed E-state index contributed by atoms with van der Waals surface area (Å²) in [6, 6.07) is 7.65. The summed E-state index contributed by atoms with van der Waals surface area (Å²) in [5, 5.41) is 11.0. The molecule has 0 saturated carbocycles. The van der Waals surface area contributed by atoms with Gasteiger partial charge in [0.15, 0.2) is 0 Å². The predicted molar refractivity (Wildman–Crippen MR) is 80.5 cm³/mol. The van der Waals surface area contributed by atoms with Gasteiger partial charge in [-0.1, -0.05) is 36.8 Å². The average Bonchev–Trinajstić information content (AvgIpc) is 2.41. The third-order valence-corrected chi connectivity index (χ3v) is 5.28. The summed E-state index contributed by atoms with van der Waals surface area (Å²) in [7, 11) is -3.46. The Kier molecular flexibility index (Phi) is 4.62. The summed E-state index contributed by atoms with van der Waals surface area (Å²) in [4.78, 5) is 0. The normalized spacial score (nSPS) is 25.1. The Bertz CT molecular complexity index is 578. The summed E-state index contributed by atoms with van der Waals surface area (Å²) in [5.41, 5.74) is 1.99. The van der Waals surface area contributed by atoms with Crippen molar-refractivity contribution in [1.82, 2.24) is 4.31 Å². The number of aliphatic hydroxyl groups is 1. The molecule has 0 aliphatic carbocycles. The van der Waals surface area contributed by atoms with Gasteiger partial charge < -0.3 is 5.11 Å². The highest BCUT2D eigenvalue weighted by atomic mass is 32.2. The van der Waals surface area contributed by atoms with Crippen molar-refractivity contribution in [3.63, 3.8) is 0 Å². The first-order valence-electron chi connectivity index (χ1n) is 6.81. The minimum Gasteiger partial charge on any atom is -0.391 e. The smallest absolute Gasteiger partial charge is 0.236 e. The molecule has 0 spiro atoms. The first-order chi connectivity index (χ1) is 9.38. The van der Waals surface area contributed by atoms with Gasteiger partial charge >= 0.3 is 0 Å². The lowest BCUT2D eigenvalue weighted by atomic mass is 9.98. The summed E-state index contributed by atoms with van der Waals surface area (Å²) < 4.78 is 25.8. The van der Waals surface area contributed by atoms with Crippen LogP contribution < -0.4 is 0 Å². The molecule has 1 aliphatic rings. The Morgan fingerprint density at radius 1 is 1.30 bits per heavy atom. The summed E-state index contributed by atoms with van der Waals surface area (Å²) in [6.07, 6.45) is 1.71. The second-order valence-electron chi connectivity index (χ2n) is 5.45. The van der Waals surface area contributed by atoms with Gasteiger partial charge in [0.25, 0.3) is 0 Å². The van der Waals surface area contributed by atoms with Crippen molar-refractivity contribution in [3.05, 3.63) is 40.8 Å². The Balaban J connectivity index is 2.09. The molecule has 2 atom stereocenters. The molecular formula is C15H21NO3S. The van der Waals surface area contributed by atoms with E-state index in [1.807, 2.05) is 38.1 Å². The predicted octanol–water partition coefficient (Wildman–Crippen LogP) is 2.00. The van der Waals surface area contributed by atoms with Crippen LogP contribution in [0.3, 0.4) is 0 Å². The molecule has 2 unspecified atom stereocenters. The molecule has 1 N–H and O–H groups in total. The molecule has 1 heterocycles. The van der Waals surface area contributed by atoms with Crippen molar-refractivity contribution < 1.29 is 13.5 Å². The van der Waals surface area contributed by atoms with Gasteiger partial charge in [-0.15, -0.1) is 0 Å². The topological polar surface area (TPSA) is 57.6 Å². The fourth-order valence-electron chi connectivity index (χ4n) is 2.18. The number of aryl methyl sites for hydroxylation is 1. The number of benzene rings is 1. The second kappa shape index (κ2) is 6.08. The highest BCUT2D eigenvalue weighted by Crippen LogP contribution is 2.20. The molecule has 0 radical (unpaired) electrons. The molecule has 0 aromatic heterocycles. The van der Waals surface area contributed by atoms with Gasteiger partial charge in [0.2, 0.25) is 10.0 Å². The number of hydrogen-bond donors (Lipinski definition) is 1. The highest BCUT2D eigenvalue weighted by Gasteiger charge is 2.30. The number of sulfonamides is 1. The Hall–Kier alpha value is -1.17. The first-order valence-corrected chi connectivity index (χ1v) is 8.32. The molecule has 1 aromatic rings. The molecule has 1 aromatic carbocycles. The van der Waals surface area contributed by atoms with Crippen LogP contribution in [-0.2, 0) is 10.0 Å². The van der Waals surface area contributed by atoms with E-state index in [1.54, 1.807) is 6.08 Å². The maximum absolute atomic E-state index is 12.2. The van der Waals surface area contributed by atoms with E-state index in [0.29, 0.717) is 13.0 Å². The first kappa shape index (κ1) is 15.2. The van der Waals surface area contributed by atoms with Crippen LogP contribution >= 0.6 is 0 Å². The van der Waals surface area contributed by atoms with E-state index in [9.17, 15) is 13.5 Å². The third kappa shape index (κ3) is 3.69. The SMILES string of the molecule is Cc1ccc(/C=C/S(=O)(=O)N2CCC(C)C(O)C2)cc1. The van der Waals surface area contributed by atoms with Crippen molar-refractivity contribution in [3.8, 4) is 0 Å². The quantitative estimate of drug-likeness (QED) is 0.928. The maximum atomic E-state index is 12.2. The van der Waals surface area contributed by atoms with Crippen molar-refractivity contribution >= 4 is 16.1 Å². The number of β-amino-alcohol motifs (C(OH)–C–C–N with tert-alkyl or cyclic N) is 1. The number of nitrogens with zero attached hydrogens (tertiary/aromatic N) is 1. The van der Waals surface area contributed by atoms with Crippen molar-refractivity contribution in [2.75, 3.05) is 13.1 Å². The monoisotopic (exact) mass is 295 g/mol. The Morgan fingerprint density at radius 2 is 1.95 bits per heavy atom. The summed E-state index contributed by atoms with van der Waals surface area (Å²) >= 11 is 0. The lowest BCUT2D eigenvalue weighted by Gasteiger charge is -2.32. The molecule has 4 nitrogen and oxygen atoms in total. The van der Waals surface area contributed by atoms with Crippen molar-refractivity contribution in [2.45, 2.75) is 26.4 Å².